The van der Waals surface area contributed by atoms with Crippen molar-refractivity contribution in [2.45, 2.75) is 0 Å². The lowest BCUT2D eigenvalue weighted by Gasteiger charge is -2.49. The molecule has 13 nitrogen and oxygen atoms in total. The maximum Gasteiger partial charge on any atom is 0.188 e. The average Bonchev–Trinajstić information content (AvgIpc) is 0.685. The van der Waals surface area contributed by atoms with Crippen molar-refractivity contribution in [3.63, 3.8) is 0 Å². The Balaban J connectivity index is 0.000000111. The van der Waals surface area contributed by atoms with E-state index in [1.54, 1.807) is 24.5 Å². The first-order valence-electron chi connectivity index (χ1n) is 41.5. The highest BCUT2D eigenvalue weighted by Gasteiger charge is 2.58. The van der Waals surface area contributed by atoms with Gasteiger partial charge in [-0.1, -0.05) is 273 Å². The van der Waals surface area contributed by atoms with Crippen LogP contribution in [0, 0.1) is 45.3 Å². The molecule has 9 heterocycles. The maximum atomic E-state index is 9.77. The Morgan fingerprint density at radius 1 is 0.192 bits per heavy atom. The maximum absolute atomic E-state index is 9.77. The molecule has 0 saturated carbocycles. The summed E-state index contributed by atoms with van der Waals surface area (Å²) in [5, 5.41) is 54.8. The number of fused-ring (bicyclic) bond motifs is 24. The van der Waals surface area contributed by atoms with E-state index in [0.717, 1.165) is 68.2 Å². The molecule has 3 aromatic heterocycles. The van der Waals surface area contributed by atoms with Crippen LogP contribution >= 0.6 is 0 Å². The summed E-state index contributed by atoms with van der Waals surface area (Å²) in [6.07, 6.45) is 5.20. The number of nitriles is 4. The topological polar surface area (TPSA) is 153 Å². The van der Waals surface area contributed by atoms with Gasteiger partial charge in [-0.25, -0.2) is 9.97 Å². The lowest BCUT2D eigenvalue weighted by atomic mass is 10.1. The summed E-state index contributed by atoms with van der Waals surface area (Å²) in [6.45, 7) is 0. The molecule has 0 fully saturated rings. The highest BCUT2D eigenvalue weighted by Crippen LogP contribution is 2.49. The molecule has 125 heavy (non-hydrogen) atoms. The van der Waals surface area contributed by atoms with Gasteiger partial charge in [-0.05, 0) is 202 Å². The second-order valence-electron chi connectivity index (χ2n) is 31.3. The minimum Gasteiger partial charge on any atom is -0.311 e. The standard InChI is InChI=1S/C37H23N5Si.2C36H24N4Si/c38-24-26-22-29(23-27(25-39)40-26)42-32-16-6-10-20-36(32)43(37-21-11-7-17-33(37)42)34-18-8-4-14-30(34)41(28-12-2-1-3-13-28)31-15-5-9-19-35(31)43;37-23-26-22-28(25-38-24-26)40-31-16-6-10-20-35(31)41(36-21-11-7-17-32(36)40)33-18-8-4-14-29(33)39(27-12-2-1-3-13-27)30-15-5-9-19-34(30)41;37-25-26-24-28(22-23-38-26)40-31-16-6-10-20-35(31)41(36-21-11-7-17-32(36)40)33-18-8-4-14-29(33)39(27-12-2-1-3-13-27)30-15-5-9-19-34(30)41/h1-23H;1-22,24-25H;1-24H. The first kappa shape index (κ1) is 74.5. The third-order valence-corrected chi connectivity index (χ3v) is 39.9. The predicted molar refractivity (Wildman–Crippen MR) is 512 cm³/mol. The number of nitrogens with zero attached hydrogens (tertiary/aromatic N) is 13. The van der Waals surface area contributed by atoms with Crippen LogP contribution in [0.4, 0.5) is 102 Å². The Labute approximate surface area is 727 Å². The second kappa shape index (κ2) is 30.4. The van der Waals surface area contributed by atoms with E-state index in [1.807, 2.05) is 24.4 Å². The Hall–Kier alpha value is -16.8. The number of rotatable bonds is 6. The molecule has 0 aliphatic carbocycles. The summed E-state index contributed by atoms with van der Waals surface area (Å²) in [5.74, 6) is 0. The third kappa shape index (κ3) is 11.3. The lowest BCUT2D eigenvalue weighted by molar-refractivity contribution is 1.19. The first-order chi connectivity index (χ1) is 61.9. The van der Waals surface area contributed by atoms with E-state index in [0.29, 0.717) is 11.3 Å². The molecule has 0 amide bonds. The fraction of sp³-hybridized carbons (Fsp3) is 0. The molecule has 24 rings (SSSR count). The van der Waals surface area contributed by atoms with Crippen molar-refractivity contribution in [2.24, 2.45) is 0 Å². The van der Waals surface area contributed by atoms with Crippen LogP contribution in [0.25, 0.3) is 0 Å². The van der Waals surface area contributed by atoms with Crippen LogP contribution < -0.4 is 91.6 Å². The number of benzene rings is 15. The van der Waals surface area contributed by atoms with Crippen LogP contribution in [-0.4, -0.2) is 39.2 Å². The molecule has 6 aliphatic rings. The number of anilines is 18. The van der Waals surface area contributed by atoms with Gasteiger partial charge in [-0.3, -0.25) is 4.98 Å². The van der Waals surface area contributed by atoms with E-state index < -0.39 is 24.2 Å². The summed E-state index contributed by atoms with van der Waals surface area (Å²) in [4.78, 5) is 26.9. The average molecular weight is 1650 g/mol. The monoisotopic (exact) mass is 1650 g/mol. The van der Waals surface area contributed by atoms with Gasteiger partial charge in [-0.2, -0.15) is 21.0 Å². The van der Waals surface area contributed by atoms with E-state index in [2.05, 4.69) is 451 Å². The highest BCUT2D eigenvalue weighted by molar-refractivity contribution is 7.24. The Morgan fingerprint density at radius 3 is 0.656 bits per heavy atom. The zero-order valence-corrected chi connectivity index (χ0v) is 70.3. The number of hydrogen-bond donors (Lipinski definition) is 0. The largest absolute Gasteiger partial charge is 0.311 e. The van der Waals surface area contributed by atoms with Gasteiger partial charge in [-0.15, -0.1) is 0 Å². The minimum atomic E-state index is -2.87. The molecular formula is C109H71N13Si3. The molecule has 6 aliphatic heterocycles. The van der Waals surface area contributed by atoms with Crippen LogP contribution in [0.5, 0.6) is 0 Å². The molecule has 0 bridgehead atoms. The van der Waals surface area contributed by atoms with Crippen molar-refractivity contribution >= 4 is 189 Å². The van der Waals surface area contributed by atoms with E-state index in [1.165, 1.54) is 96.4 Å². The summed E-state index contributed by atoms with van der Waals surface area (Å²) in [5.41, 5.74) is 21.2. The van der Waals surface area contributed by atoms with Gasteiger partial charge in [0.1, 0.15) is 41.4 Å². The summed E-state index contributed by atoms with van der Waals surface area (Å²) in [7, 11) is -8.45. The quantitative estimate of drug-likeness (QED) is 0.145. The molecule has 0 N–H and O–H groups in total. The lowest BCUT2D eigenvalue weighted by Crippen LogP contribution is -2.79. The number of pyridine rings is 3. The van der Waals surface area contributed by atoms with E-state index >= 15 is 0 Å². The normalized spacial score (nSPS) is 13.8. The van der Waals surface area contributed by atoms with Crippen LogP contribution in [0.15, 0.2) is 431 Å². The van der Waals surface area contributed by atoms with E-state index in [-0.39, 0.29) is 11.4 Å². The molecule has 584 valence electrons. The third-order valence-electron chi connectivity index (χ3n) is 25.2. The zero-order chi connectivity index (χ0) is 83.7. The Kier molecular flexibility index (Phi) is 18.1. The number of hydrogen-bond acceptors (Lipinski definition) is 13. The van der Waals surface area contributed by atoms with Gasteiger partial charge in [0, 0.05) is 97.7 Å². The second-order valence-corrected chi connectivity index (χ2v) is 42.3. The Morgan fingerprint density at radius 2 is 0.408 bits per heavy atom. The summed E-state index contributed by atoms with van der Waals surface area (Å²) >= 11 is 0. The van der Waals surface area contributed by atoms with Crippen molar-refractivity contribution in [1.29, 1.82) is 21.0 Å². The van der Waals surface area contributed by atoms with Gasteiger partial charge < -0.3 is 29.4 Å². The SMILES string of the molecule is N#Cc1cc(N2c3ccccc3[Si]3(c4ccccc4N(c4ccccc4)c4ccccc43)c3ccccc32)cc(C#N)n1.N#Cc1cc(N2c3ccccc3[Si]3(c4ccccc4N(c4ccccc4)c4ccccc43)c3ccccc32)ccn1.N#Cc1cncc(N2c3ccccc3[Si]3(c4ccccc4N(c4ccccc4)c4ccccc43)c3ccccc32)c1. The zero-order valence-electron chi connectivity index (χ0n) is 67.3. The minimum absolute atomic E-state index is 0.216. The number of aromatic nitrogens is 3. The summed E-state index contributed by atoms with van der Waals surface area (Å²) < 4.78 is 0. The smallest absolute Gasteiger partial charge is 0.188 e. The van der Waals surface area contributed by atoms with Gasteiger partial charge >= 0.3 is 0 Å². The van der Waals surface area contributed by atoms with Crippen molar-refractivity contribution in [1.82, 2.24) is 15.0 Å². The molecule has 0 saturated heterocycles. The molecule has 0 atom stereocenters. The van der Waals surface area contributed by atoms with Crippen molar-refractivity contribution in [3.05, 3.63) is 454 Å². The molecule has 3 spiro atoms. The molecule has 0 unspecified atom stereocenters. The van der Waals surface area contributed by atoms with Crippen molar-refractivity contribution < 1.29 is 0 Å². The molecule has 0 radical (unpaired) electrons. The first-order valence-corrected chi connectivity index (χ1v) is 47.5. The van der Waals surface area contributed by atoms with Crippen molar-refractivity contribution in [2.75, 3.05) is 29.4 Å². The van der Waals surface area contributed by atoms with E-state index in [9.17, 15) is 21.0 Å². The van der Waals surface area contributed by atoms with Gasteiger partial charge in [0.2, 0.25) is 0 Å². The van der Waals surface area contributed by atoms with Gasteiger partial charge in [0.05, 0.1) is 28.8 Å². The number of para-hydroxylation sites is 15. The molecular weight excluding hydrogens is 1580 g/mol. The molecule has 18 aromatic rings. The highest BCUT2D eigenvalue weighted by atomic mass is 28.3. The fourth-order valence-corrected chi connectivity index (χ4v) is 36.9. The van der Waals surface area contributed by atoms with E-state index in [4.69, 9.17) is 0 Å². The summed E-state index contributed by atoms with van der Waals surface area (Å²) in [6, 6.07) is 156. The van der Waals surface area contributed by atoms with Gasteiger partial charge in [0.25, 0.3) is 0 Å². The predicted octanol–water partition coefficient (Wildman–Crippen LogP) is 17.6. The van der Waals surface area contributed by atoms with Crippen LogP contribution in [0.3, 0.4) is 0 Å². The van der Waals surface area contributed by atoms with Crippen LogP contribution in [-0.2, 0) is 0 Å². The van der Waals surface area contributed by atoms with Gasteiger partial charge in [0.15, 0.2) is 24.2 Å². The Bertz CT molecular complexity index is 6930. The molecule has 16 heteroatoms. The van der Waals surface area contributed by atoms with Crippen LogP contribution in [0.1, 0.15) is 22.6 Å². The van der Waals surface area contributed by atoms with Crippen LogP contribution in [0.2, 0.25) is 0 Å². The fourth-order valence-electron chi connectivity index (χ4n) is 20.6. The molecule has 15 aromatic carbocycles. The van der Waals surface area contributed by atoms with Crippen molar-refractivity contribution in [3.8, 4) is 24.3 Å².